The number of benzene rings is 2. The van der Waals surface area contributed by atoms with Gasteiger partial charge in [-0.25, -0.2) is 4.85 Å². The molecule has 4 nitrogen and oxygen atoms in total. The molecule has 2 aromatic rings. The van der Waals surface area contributed by atoms with Gasteiger partial charge in [-0.1, -0.05) is 6.07 Å². The van der Waals surface area contributed by atoms with Gasteiger partial charge in [-0.05, 0) is 43.3 Å². The van der Waals surface area contributed by atoms with Gasteiger partial charge in [-0.15, -0.1) is 0 Å². The van der Waals surface area contributed by atoms with E-state index in [2.05, 4.69) is 4.85 Å². The Morgan fingerprint density at radius 2 is 1.70 bits per heavy atom. The molecule has 0 N–H and O–H groups in total. The number of anilines is 1. The number of ether oxygens (including phenoxy) is 1. The first-order valence-corrected chi connectivity index (χ1v) is 8.55. The topological polar surface area (TPSA) is 33.9 Å². The van der Waals surface area contributed by atoms with Crippen molar-refractivity contribution in [1.82, 2.24) is 0 Å². The molecule has 0 aliphatic carbocycles. The van der Waals surface area contributed by atoms with Crippen LogP contribution in [-0.2, 0) is 6.18 Å². The fourth-order valence-corrected chi connectivity index (χ4v) is 2.66. The van der Waals surface area contributed by atoms with Gasteiger partial charge in [0.25, 0.3) is 0 Å². The van der Waals surface area contributed by atoms with Crippen molar-refractivity contribution in [3.05, 3.63) is 65.0 Å². The summed E-state index contributed by atoms with van der Waals surface area (Å²) in [6.45, 7) is 5.75. The Balaban J connectivity index is 2.24. The first-order chi connectivity index (χ1) is 13.9. The third-order valence-electron chi connectivity index (χ3n) is 4.02. The summed E-state index contributed by atoms with van der Waals surface area (Å²) in [5.74, 6) is 0.0757. The molecule has 0 radical (unpaired) electrons. The number of hydrogen-bond donors (Lipinski definition) is 0. The van der Waals surface area contributed by atoms with E-state index < -0.39 is 36.7 Å². The minimum absolute atomic E-state index is 0.180. The van der Waals surface area contributed by atoms with E-state index in [9.17, 15) is 31.1 Å². The Morgan fingerprint density at radius 3 is 2.20 bits per heavy atom. The molecule has 0 saturated heterocycles. The summed E-state index contributed by atoms with van der Waals surface area (Å²) in [6.07, 6.45) is -9.70. The molecule has 0 fully saturated rings. The van der Waals surface area contributed by atoms with Gasteiger partial charge >= 0.3 is 12.4 Å². The third-order valence-corrected chi connectivity index (χ3v) is 4.02. The molecule has 0 spiro atoms. The van der Waals surface area contributed by atoms with Crippen molar-refractivity contribution >= 4 is 17.2 Å². The van der Waals surface area contributed by atoms with Crippen molar-refractivity contribution < 1.29 is 35.9 Å². The number of ketones is 1. The Labute approximate surface area is 168 Å². The van der Waals surface area contributed by atoms with Crippen LogP contribution in [0.25, 0.3) is 4.85 Å². The van der Waals surface area contributed by atoms with Crippen molar-refractivity contribution in [3.8, 4) is 5.75 Å². The molecule has 0 aromatic heterocycles. The predicted octanol–water partition coefficient (Wildman–Crippen LogP) is 5.91. The smallest absolute Gasteiger partial charge is 0.417 e. The molecule has 30 heavy (non-hydrogen) atoms. The minimum Gasteiger partial charge on any atom is -0.492 e. The number of hydrogen-bond acceptors (Lipinski definition) is 3. The third kappa shape index (κ3) is 6.40. The first-order valence-electron chi connectivity index (χ1n) is 8.55. The van der Waals surface area contributed by atoms with Gasteiger partial charge in [-0.2, -0.15) is 26.3 Å². The number of halogens is 6. The van der Waals surface area contributed by atoms with Crippen LogP contribution < -0.4 is 9.64 Å². The van der Waals surface area contributed by atoms with Crippen molar-refractivity contribution in [2.24, 2.45) is 0 Å². The van der Waals surface area contributed by atoms with E-state index >= 15 is 0 Å². The van der Waals surface area contributed by atoms with Crippen LogP contribution in [0.3, 0.4) is 0 Å². The normalized spacial score (nSPS) is 11.7. The summed E-state index contributed by atoms with van der Waals surface area (Å²) in [5, 5.41) is 0. The van der Waals surface area contributed by atoms with Crippen LogP contribution in [0.2, 0.25) is 0 Å². The Morgan fingerprint density at radius 1 is 1.07 bits per heavy atom. The van der Waals surface area contributed by atoms with E-state index in [-0.39, 0.29) is 23.8 Å². The second-order valence-corrected chi connectivity index (χ2v) is 6.28. The molecule has 0 bridgehead atoms. The van der Waals surface area contributed by atoms with Crippen molar-refractivity contribution in [2.45, 2.75) is 19.3 Å². The second-order valence-electron chi connectivity index (χ2n) is 6.28. The number of Topliss-reactive ketones (excluding diaryl/α,β-unsaturated/α-hetero) is 1. The second kappa shape index (κ2) is 9.07. The van der Waals surface area contributed by atoms with E-state index in [4.69, 9.17) is 11.3 Å². The molecule has 0 heterocycles. The molecular weight excluding hydrogens is 414 g/mol. The van der Waals surface area contributed by atoms with Crippen LogP contribution in [0.15, 0.2) is 42.5 Å². The largest absolute Gasteiger partial charge is 0.492 e. The average Bonchev–Trinajstić information content (AvgIpc) is 2.65. The Bertz CT molecular complexity index is 930. The monoisotopic (exact) mass is 430 g/mol. The van der Waals surface area contributed by atoms with E-state index in [1.54, 1.807) is 0 Å². The molecule has 2 aromatic carbocycles. The quantitative estimate of drug-likeness (QED) is 0.311. The molecule has 0 aliphatic rings. The van der Waals surface area contributed by atoms with Crippen LogP contribution >= 0.6 is 0 Å². The average molecular weight is 430 g/mol. The molecule has 0 amide bonds. The van der Waals surface area contributed by atoms with Gasteiger partial charge in [0.2, 0.25) is 0 Å². The first kappa shape index (κ1) is 23.1. The number of nitrogens with zero attached hydrogens (tertiary/aromatic N) is 2. The van der Waals surface area contributed by atoms with Gasteiger partial charge in [0, 0.05) is 11.3 Å². The van der Waals surface area contributed by atoms with Crippen molar-refractivity contribution in [1.29, 1.82) is 0 Å². The summed E-state index contributed by atoms with van der Waals surface area (Å²) in [7, 11) is 0. The fourth-order valence-electron chi connectivity index (χ4n) is 2.66. The number of rotatable bonds is 7. The maximum atomic E-state index is 13.4. The van der Waals surface area contributed by atoms with E-state index in [0.717, 1.165) is 12.1 Å². The van der Waals surface area contributed by atoms with Gasteiger partial charge < -0.3 is 9.64 Å². The Kier molecular flexibility index (Phi) is 6.97. The molecule has 2 rings (SSSR count). The molecule has 160 valence electrons. The molecule has 0 saturated carbocycles. The highest BCUT2D eigenvalue weighted by atomic mass is 19.4. The number of alkyl halides is 6. The summed E-state index contributed by atoms with van der Waals surface area (Å²) in [4.78, 5) is 14.7. The minimum atomic E-state index is -4.94. The lowest BCUT2D eigenvalue weighted by Gasteiger charge is -2.29. The van der Waals surface area contributed by atoms with E-state index in [1.807, 2.05) is 0 Å². The lowest BCUT2D eigenvalue weighted by Crippen LogP contribution is -2.38. The van der Waals surface area contributed by atoms with Crippen LogP contribution in [0, 0.1) is 6.57 Å². The summed E-state index contributed by atoms with van der Waals surface area (Å²) >= 11 is 0. The SMILES string of the molecule is [C-]#[N+]c1ccc(N(CCOc2ccc(C(C)=O)cc2)CC(F)(F)F)c(C(F)(F)F)c1. The van der Waals surface area contributed by atoms with Crippen LogP contribution in [0.5, 0.6) is 5.75 Å². The zero-order valence-electron chi connectivity index (χ0n) is 15.6. The lowest BCUT2D eigenvalue weighted by molar-refractivity contribution is -0.138. The molecule has 0 unspecified atom stereocenters. The van der Waals surface area contributed by atoms with E-state index in [1.165, 1.54) is 31.2 Å². The van der Waals surface area contributed by atoms with Gasteiger partial charge in [0.05, 0.1) is 18.7 Å². The maximum absolute atomic E-state index is 13.4. The highest BCUT2D eigenvalue weighted by Crippen LogP contribution is 2.39. The van der Waals surface area contributed by atoms with Gasteiger partial charge in [0.1, 0.15) is 18.9 Å². The predicted molar refractivity (Wildman–Crippen MR) is 97.9 cm³/mol. The zero-order chi connectivity index (χ0) is 22.5. The Hall–Kier alpha value is -3.22. The highest BCUT2D eigenvalue weighted by Gasteiger charge is 2.38. The highest BCUT2D eigenvalue weighted by molar-refractivity contribution is 5.94. The van der Waals surface area contributed by atoms with Crippen LogP contribution in [0.1, 0.15) is 22.8 Å². The molecule has 0 aliphatic heterocycles. The zero-order valence-corrected chi connectivity index (χ0v) is 15.6. The number of carbonyl (C=O) groups excluding carboxylic acids is 1. The van der Waals surface area contributed by atoms with Crippen molar-refractivity contribution in [2.75, 3.05) is 24.6 Å². The summed E-state index contributed by atoms with van der Waals surface area (Å²) in [5.41, 5.74) is -1.94. The number of carbonyl (C=O) groups is 1. The standard InChI is InChI=1S/C20H16F6N2O2/c1-13(29)14-3-6-16(7-4-14)30-10-9-28(12-19(21,22)23)18-8-5-15(27-2)11-17(18)20(24,25)26/h3-8,11H,9-10,12H2,1H3. The fraction of sp³-hybridized carbons (Fsp3) is 0.300. The van der Waals surface area contributed by atoms with Gasteiger partial charge in [-0.3, -0.25) is 4.79 Å². The summed E-state index contributed by atoms with van der Waals surface area (Å²) in [6, 6.07) is 8.22. The maximum Gasteiger partial charge on any atom is 0.417 e. The summed E-state index contributed by atoms with van der Waals surface area (Å²) < 4.78 is 84.4. The van der Waals surface area contributed by atoms with E-state index in [0.29, 0.717) is 16.5 Å². The van der Waals surface area contributed by atoms with Crippen LogP contribution in [0.4, 0.5) is 37.7 Å². The van der Waals surface area contributed by atoms with Gasteiger partial charge in [0.15, 0.2) is 11.5 Å². The molecular formula is C20H16F6N2O2. The molecule has 10 heteroatoms. The van der Waals surface area contributed by atoms with Crippen LogP contribution in [-0.4, -0.2) is 31.7 Å². The molecule has 0 atom stereocenters. The van der Waals surface area contributed by atoms with Crippen molar-refractivity contribution in [3.63, 3.8) is 0 Å². The lowest BCUT2D eigenvalue weighted by atomic mass is 10.1.